The van der Waals surface area contributed by atoms with Crippen molar-refractivity contribution in [2.45, 2.75) is 6.42 Å². The van der Waals surface area contributed by atoms with Crippen LogP contribution < -0.4 is 14.8 Å². The minimum atomic E-state index is -0.477. The summed E-state index contributed by atoms with van der Waals surface area (Å²) in [4.78, 5) is 21.7. The monoisotopic (exact) mass is 510 g/mol. The van der Waals surface area contributed by atoms with Crippen molar-refractivity contribution in [3.05, 3.63) is 63.9 Å². The smallest absolute Gasteiger partial charge is 0.271 e. The Morgan fingerprint density at radius 1 is 1.22 bits per heavy atom. The van der Waals surface area contributed by atoms with Crippen LogP contribution in [0.2, 0.25) is 5.02 Å². The Balaban J connectivity index is 1.64. The molecule has 1 N–H and O–H groups in total. The van der Waals surface area contributed by atoms with E-state index in [4.69, 9.17) is 21.1 Å². The molecule has 0 amide bonds. The van der Waals surface area contributed by atoms with Crippen molar-refractivity contribution in [3.63, 3.8) is 0 Å². The van der Waals surface area contributed by atoms with Crippen LogP contribution in [0.3, 0.4) is 0 Å². The number of non-ortho nitro benzene ring substituents is 1. The molecule has 0 aliphatic heterocycles. The molecule has 188 valence electrons. The predicted molar refractivity (Wildman–Crippen MR) is 141 cm³/mol. The number of halogens is 1. The van der Waals surface area contributed by atoms with Gasteiger partial charge in [0.15, 0.2) is 0 Å². The fraction of sp³-hybridized carbons (Fsp3) is 0.280. The molecule has 0 atom stereocenters. The predicted octanol–water partition coefficient (Wildman–Crippen LogP) is 5.28. The summed E-state index contributed by atoms with van der Waals surface area (Å²) in [7, 11) is 7.51. The van der Waals surface area contributed by atoms with Crippen LogP contribution in [0.1, 0.15) is 6.42 Å². The van der Waals surface area contributed by atoms with E-state index in [-0.39, 0.29) is 11.6 Å². The normalized spacial score (nSPS) is 11.2. The van der Waals surface area contributed by atoms with Gasteiger partial charge in [0.25, 0.3) is 5.69 Å². The van der Waals surface area contributed by atoms with E-state index in [9.17, 15) is 10.1 Å². The third-order valence-electron chi connectivity index (χ3n) is 5.62. The van der Waals surface area contributed by atoms with Crippen molar-refractivity contribution in [2.24, 2.45) is 7.05 Å². The maximum atomic E-state index is 11.2. The molecule has 4 aromatic rings. The third kappa shape index (κ3) is 5.50. The molecule has 11 heteroatoms. The van der Waals surface area contributed by atoms with E-state index in [0.717, 1.165) is 35.2 Å². The Morgan fingerprint density at radius 3 is 2.75 bits per heavy atom. The van der Waals surface area contributed by atoms with Crippen LogP contribution in [0.15, 0.2) is 48.8 Å². The van der Waals surface area contributed by atoms with Crippen LogP contribution in [0.5, 0.6) is 11.5 Å². The van der Waals surface area contributed by atoms with Crippen molar-refractivity contribution in [3.8, 4) is 22.8 Å². The topological polar surface area (TPSA) is 108 Å². The number of methoxy groups -OCH3 is 1. The zero-order valence-corrected chi connectivity index (χ0v) is 21.2. The molecule has 0 spiro atoms. The Morgan fingerprint density at radius 2 is 2.03 bits per heavy atom. The number of aryl methyl sites for hydroxylation is 1. The van der Waals surface area contributed by atoms with E-state index in [2.05, 4.69) is 20.2 Å². The van der Waals surface area contributed by atoms with Gasteiger partial charge >= 0.3 is 0 Å². The highest BCUT2D eigenvalue weighted by molar-refractivity contribution is 6.33. The first kappa shape index (κ1) is 25.2. The number of rotatable bonds is 10. The quantitative estimate of drug-likeness (QED) is 0.174. The summed E-state index contributed by atoms with van der Waals surface area (Å²) in [6, 6.07) is 10.2. The number of benzene rings is 2. The van der Waals surface area contributed by atoms with Crippen LogP contribution >= 0.6 is 11.6 Å². The summed E-state index contributed by atoms with van der Waals surface area (Å²) in [6.45, 7) is 1.59. The van der Waals surface area contributed by atoms with Gasteiger partial charge in [0.1, 0.15) is 11.5 Å². The summed E-state index contributed by atoms with van der Waals surface area (Å²) in [5, 5.41) is 15.6. The fourth-order valence-corrected chi connectivity index (χ4v) is 4.05. The molecular weight excluding hydrogens is 484 g/mol. The van der Waals surface area contributed by atoms with Crippen LogP contribution in [-0.4, -0.2) is 58.7 Å². The first-order valence-electron chi connectivity index (χ1n) is 11.3. The second-order valence-corrected chi connectivity index (χ2v) is 8.90. The van der Waals surface area contributed by atoms with E-state index >= 15 is 0 Å². The van der Waals surface area contributed by atoms with Gasteiger partial charge in [-0.3, -0.25) is 10.1 Å². The van der Waals surface area contributed by atoms with Gasteiger partial charge in [0, 0.05) is 48.9 Å². The van der Waals surface area contributed by atoms with Gasteiger partial charge in [-0.1, -0.05) is 11.6 Å². The lowest BCUT2D eigenvalue weighted by Crippen LogP contribution is -2.15. The molecule has 0 saturated carbocycles. The van der Waals surface area contributed by atoms with Gasteiger partial charge in [-0.15, -0.1) is 0 Å². The van der Waals surface area contributed by atoms with Crippen molar-refractivity contribution < 1.29 is 14.4 Å². The van der Waals surface area contributed by atoms with E-state index < -0.39 is 4.92 Å². The Hall–Kier alpha value is -3.89. The Kier molecular flexibility index (Phi) is 7.56. The van der Waals surface area contributed by atoms with E-state index in [1.165, 1.54) is 31.5 Å². The molecule has 2 aromatic carbocycles. The second kappa shape index (κ2) is 10.8. The lowest BCUT2D eigenvalue weighted by molar-refractivity contribution is -0.384. The van der Waals surface area contributed by atoms with Crippen LogP contribution in [0.25, 0.3) is 22.2 Å². The minimum absolute atomic E-state index is 0.0821. The maximum absolute atomic E-state index is 11.2. The van der Waals surface area contributed by atoms with Gasteiger partial charge < -0.3 is 24.3 Å². The molecule has 0 fully saturated rings. The number of anilines is 2. The molecule has 2 aromatic heterocycles. The molecule has 0 aliphatic carbocycles. The molecule has 10 nitrogen and oxygen atoms in total. The number of nitro groups is 1. The molecule has 0 aliphatic rings. The van der Waals surface area contributed by atoms with Crippen LogP contribution in [-0.2, 0) is 7.05 Å². The van der Waals surface area contributed by atoms with E-state index in [1.807, 2.05) is 50.1 Å². The molecule has 0 saturated heterocycles. The number of nitrogens with one attached hydrogen (secondary N) is 1. The first-order valence-corrected chi connectivity index (χ1v) is 11.6. The molecule has 0 bridgehead atoms. The molecular formula is C25H27ClN6O4. The number of hydrogen-bond donors (Lipinski definition) is 1. The summed E-state index contributed by atoms with van der Waals surface area (Å²) in [5.41, 5.74) is 2.62. The number of nitrogens with zero attached hydrogens (tertiary/aromatic N) is 5. The first-order chi connectivity index (χ1) is 17.3. The van der Waals surface area contributed by atoms with Gasteiger partial charge in [-0.25, -0.2) is 9.97 Å². The largest absolute Gasteiger partial charge is 0.495 e. The average molecular weight is 511 g/mol. The lowest BCUT2D eigenvalue weighted by Gasteiger charge is -2.11. The van der Waals surface area contributed by atoms with Crippen molar-refractivity contribution >= 4 is 39.8 Å². The highest BCUT2D eigenvalue weighted by Crippen LogP contribution is 2.36. The second-order valence-electron chi connectivity index (χ2n) is 8.49. The van der Waals surface area contributed by atoms with Gasteiger partial charge in [0.05, 0.1) is 46.8 Å². The average Bonchev–Trinajstić information content (AvgIpc) is 3.18. The fourth-order valence-electron chi connectivity index (χ4n) is 3.86. The summed E-state index contributed by atoms with van der Waals surface area (Å²) >= 11 is 6.51. The SMILES string of the molecule is COc1ccc([N+](=O)[O-])cc1Nc1ncc(Cl)c(-c2cn(C)c3cc(OCCCN(C)C)ccc23)n1. The number of hydrogen-bond acceptors (Lipinski definition) is 8. The number of nitro benzene ring substituents is 1. The zero-order valence-electron chi connectivity index (χ0n) is 20.5. The van der Waals surface area contributed by atoms with Crippen molar-refractivity contribution in [1.29, 1.82) is 0 Å². The van der Waals surface area contributed by atoms with Crippen LogP contribution in [0.4, 0.5) is 17.3 Å². The van der Waals surface area contributed by atoms with Crippen LogP contribution in [0, 0.1) is 10.1 Å². The zero-order chi connectivity index (χ0) is 25.8. The van der Waals surface area contributed by atoms with E-state index in [0.29, 0.717) is 28.8 Å². The van der Waals surface area contributed by atoms with Gasteiger partial charge in [-0.05, 0) is 38.7 Å². The number of fused-ring (bicyclic) bond motifs is 1. The number of ether oxygens (including phenoxy) is 2. The Bertz CT molecular complexity index is 1410. The molecule has 2 heterocycles. The van der Waals surface area contributed by atoms with E-state index in [1.54, 1.807) is 0 Å². The highest BCUT2D eigenvalue weighted by Gasteiger charge is 2.17. The van der Waals surface area contributed by atoms with Crippen molar-refractivity contribution in [2.75, 3.05) is 39.7 Å². The lowest BCUT2D eigenvalue weighted by atomic mass is 10.1. The Labute approximate surface area is 213 Å². The highest BCUT2D eigenvalue weighted by atomic mass is 35.5. The summed E-state index contributed by atoms with van der Waals surface area (Å²) in [6.07, 6.45) is 4.38. The molecule has 4 rings (SSSR count). The maximum Gasteiger partial charge on any atom is 0.271 e. The molecule has 36 heavy (non-hydrogen) atoms. The number of aromatic nitrogens is 3. The molecule has 0 radical (unpaired) electrons. The van der Waals surface area contributed by atoms with Crippen molar-refractivity contribution in [1.82, 2.24) is 19.4 Å². The minimum Gasteiger partial charge on any atom is -0.495 e. The molecule has 0 unspecified atom stereocenters. The standard InChI is InChI=1S/C25H27ClN6O4/c1-30(2)10-5-11-36-17-7-8-18-19(15-31(3)22(18)13-17)24-20(26)14-27-25(29-24)28-21-12-16(32(33)34)6-9-23(21)35-4/h6-9,12-15H,5,10-11H2,1-4H3,(H,27,28,29). The summed E-state index contributed by atoms with van der Waals surface area (Å²) < 4.78 is 13.2. The summed E-state index contributed by atoms with van der Waals surface area (Å²) in [5.74, 6) is 1.44. The van der Waals surface area contributed by atoms with Gasteiger partial charge in [-0.2, -0.15) is 0 Å². The third-order valence-corrected chi connectivity index (χ3v) is 5.90. The van der Waals surface area contributed by atoms with Gasteiger partial charge in [0.2, 0.25) is 5.95 Å².